The average molecular weight is 251 g/mol. The van der Waals surface area contributed by atoms with Crippen LogP contribution in [0, 0.1) is 0 Å². The molecule has 0 bridgehead atoms. The summed E-state index contributed by atoms with van der Waals surface area (Å²) in [7, 11) is 0. The summed E-state index contributed by atoms with van der Waals surface area (Å²) in [6, 6.07) is 6.24. The van der Waals surface area contributed by atoms with Crippen molar-refractivity contribution in [2.24, 2.45) is 11.5 Å². The van der Waals surface area contributed by atoms with E-state index >= 15 is 0 Å². The number of urea groups is 1. The van der Waals surface area contributed by atoms with Crippen LogP contribution in [0.3, 0.4) is 0 Å². The third kappa shape index (κ3) is 4.42. The van der Waals surface area contributed by atoms with Crippen LogP contribution < -0.4 is 21.5 Å². The van der Waals surface area contributed by atoms with Gasteiger partial charge in [0.25, 0.3) is 5.91 Å². The van der Waals surface area contributed by atoms with Gasteiger partial charge in [0.05, 0.1) is 0 Å². The van der Waals surface area contributed by atoms with Gasteiger partial charge in [0.2, 0.25) is 0 Å². The van der Waals surface area contributed by atoms with Gasteiger partial charge in [-0.1, -0.05) is 19.1 Å². The topological polar surface area (TPSA) is 107 Å². The Morgan fingerprint density at radius 2 is 1.94 bits per heavy atom. The number of hydrogen-bond donors (Lipinski definition) is 3. The monoisotopic (exact) mass is 251 g/mol. The summed E-state index contributed by atoms with van der Waals surface area (Å²) in [4.78, 5) is 21.5. The molecule has 1 aromatic carbocycles. The Balaban J connectivity index is 2.49. The molecule has 0 saturated heterocycles. The highest BCUT2D eigenvalue weighted by Crippen LogP contribution is 2.18. The minimum absolute atomic E-state index is 0.00258. The molecule has 1 atom stereocenters. The first-order chi connectivity index (χ1) is 8.52. The van der Waals surface area contributed by atoms with Gasteiger partial charge in [-0.2, -0.15) is 0 Å². The van der Waals surface area contributed by atoms with Crippen LogP contribution in [0.5, 0.6) is 5.75 Å². The molecule has 0 saturated carbocycles. The summed E-state index contributed by atoms with van der Waals surface area (Å²) < 4.78 is 5.18. The van der Waals surface area contributed by atoms with E-state index in [0.29, 0.717) is 5.75 Å². The molecule has 0 aliphatic rings. The molecule has 1 rings (SSSR count). The second kappa shape index (κ2) is 6.61. The lowest BCUT2D eigenvalue weighted by atomic mass is 10.1. The molecule has 6 nitrogen and oxygen atoms in total. The summed E-state index contributed by atoms with van der Waals surface area (Å²) in [6.45, 7) is 1.74. The highest BCUT2D eigenvalue weighted by molar-refractivity contribution is 5.94. The molecule has 6 heteroatoms. The summed E-state index contributed by atoms with van der Waals surface area (Å²) >= 11 is 0. The van der Waals surface area contributed by atoms with Gasteiger partial charge in [0.15, 0.2) is 6.61 Å². The largest absolute Gasteiger partial charge is 0.484 e. The second-order valence-electron chi connectivity index (χ2n) is 3.78. The highest BCUT2D eigenvalue weighted by atomic mass is 16.5. The number of imide groups is 1. The molecule has 0 spiro atoms. The van der Waals surface area contributed by atoms with Crippen LogP contribution in [0.25, 0.3) is 0 Å². The van der Waals surface area contributed by atoms with Crippen LogP contribution in [0.4, 0.5) is 4.79 Å². The molecule has 0 heterocycles. The lowest BCUT2D eigenvalue weighted by Crippen LogP contribution is -2.38. The summed E-state index contributed by atoms with van der Waals surface area (Å²) in [5.74, 6) is -0.0569. The van der Waals surface area contributed by atoms with E-state index in [4.69, 9.17) is 16.2 Å². The number of rotatable bonds is 5. The highest BCUT2D eigenvalue weighted by Gasteiger charge is 2.06. The first-order valence-electron chi connectivity index (χ1n) is 5.60. The maximum absolute atomic E-state index is 11.1. The van der Waals surface area contributed by atoms with Gasteiger partial charge in [-0.15, -0.1) is 0 Å². The van der Waals surface area contributed by atoms with Crippen molar-refractivity contribution in [1.82, 2.24) is 5.32 Å². The molecule has 1 aromatic rings. The van der Waals surface area contributed by atoms with E-state index in [1.807, 2.05) is 24.4 Å². The smallest absolute Gasteiger partial charge is 0.318 e. The van der Waals surface area contributed by atoms with E-state index in [1.54, 1.807) is 12.1 Å². The fourth-order valence-corrected chi connectivity index (χ4v) is 1.37. The number of ether oxygens (including phenoxy) is 1. The van der Waals surface area contributed by atoms with Crippen molar-refractivity contribution in [3.05, 3.63) is 29.8 Å². The summed E-state index contributed by atoms with van der Waals surface area (Å²) in [5.41, 5.74) is 11.7. The van der Waals surface area contributed by atoms with Crippen molar-refractivity contribution in [1.29, 1.82) is 0 Å². The SMILES string of the molecule is CC[C@H](N)c1ccc(OCC(=O)NC(N)=O)cc1. The molecule has 0 radical (unpaired) electrons. The molecule has 0 aromatic heterocycles. The van der Waals surface area contributed by atoms with Gasteiger partial charge in [-0.3, -0.25) is 10.1 Å². The number of benzene rings is 1. The van der Waals surface area contributed by atoms with E-state index in [9.17, 15) is 9.59 Å². The van der Waals surface area contributed by atoms with Crippen LogP contribution in [0.1, 0.15) is 24.9 Å². The predicted molar refractivity (Wildman–Crippen MR) is 66.9 cm³/mol. The number of nitrogens with one attached hydrogen (secondary N) is 1. The Morgan fingerprint density at radius 1 is 1.33 bits per heavy atom. The minimum Gasteiger partial charge on any atom is -0.484 e. The first kappa shape index (κ1) is 14.0. The van der Waals surface area contributed by atoms with Crippen LogP contribution in [-0.2, 0) is 4.79 Å². The Labute approximate surface area is 105 Å². The molecular weight excluding hydrogens is 234 g/mol. The van der Waals surface area contributed by atoms with Crippen molar-refractivity contribution >= 4 is 11.9 Å². The number of primary amides is 1. The quantitative estimate of drug-likeness (QED) is 0.714. The Kier molecular flexibility index (Phi) is 5.13. The van der Waals surface area contributed by atoms with Crippen molar-refractivity contribution in [3.63, 3.8) is 0 Å². The minimum atomic E-state index is -0.895. The van der Waals surface area contributed by atoms with Gasteiger partial charge in [0, 0.05) is 6.04 Å². The Bertz CT molecular complexity index is 417. The van der Waals surface area contributed by atoms with Crippen LogP contribution >= 0.6 is 0 Å². The van der Waals surface area contributed by atoms with Crippen molar-refractivity contribution in [2.45, 2.75) is 19.4 Å². The summed E-state index contributed by atoms with van der Waals surface area (Å²) in [6.07, 6.45) is 0.848. The average Bonchev–Trinajstić information content (AvgIpc) is 2.35. The number of hydrogen-bond acceptors (Lipinski definition) is 4. The predicted octanol–water partition coefficient (Wildman–Crippen LogP) is 0.670. The zero-order valence-corrected chi connectivity index (χ0v) is 10.2. The number of nitrogens with two attached hydrogens (primary N) is 2. The lowest BCUT2D eigenvalue weighted by Gasteiger charge is -2.10. The van der Waals surface area contributed by atoms with Crippen molar-refractivity contribution in [3.8, 4) is 5.75 Å². The van der Waals surface area contributed by atoms with Gasteiger partial charge in [-0.25, -0.2) is 4.79 Å². The normalized spacial score (nSPS) is 11.7. The van der Waals surface area contributed by atoms with Crippen molar-refractivity contribution < 1.29 is 14.3 Å². The fourth-order valence-electron chi connectivity index (χ4n) is 1.37. The molecule has 3 amide bonds. The van der Waals surface area contributed by atoms with Gasteiger partial charge < -0.3 is 16.2 Å². The summed E-state index contributed by atoms with van der Waals surface area (Å²) in [5, 5.41) is 1.91. The maximum Gasteiger partial charge on any atom is 0.318 e. The molecular formula is C12H17N3O3. The zero-order valence-electron chi connectivity index (χ0n) is 10.2. The van der Waals surface area contributed by atoms with E-state index in [2.05, 4.69) is 0 Å². The number of carbonyl (C=O) groups excluding carboxylic acids is 2. The van der Waals surface area contributed by atoms with E-state index in [0.717, 1.165) is 12.0 Å². The number of amides is 3. The molecule has 0 aliphatic carbocycles. The Hall–Kier alpha value is -2.08. The second-order valence-corrected chi connectivity index (χ2v) is 3.78. The molecule has 5 N–H and O–H groups in total. The third-order valence-corrected chi connectivity index (χ3v) is 2.38. The number of carbonyl (C=O) groups is 2. The van der Waals surface area contributed by atoms with Crippen LogP contribution in [0.15, 0.2) is 24.3 Å². The fraction of sp³-hybridized carbons (Fsp3) is 0.333. The Morgan fingerprint density at radius 3 is 2.44 bits per heavy atom. The van der Waals surface area contributed by atoms with E-state index < -0.39 is 11.9 Å². The molecule has 0 unspecified atom stereocenters. The maximum atomic E-state index is 11.1. The van der Waals surface area contributed by atoms with Crippen molar-refractivity contribution in [2.75, 3.05) is 6.61 Å². The van der Waals surface area contributed by atoms with Gasteiger partial charge >= 0.3 is 6.03 Å². The van der Waals surface area contributed by atoms with Gasteiger partial charge in [-0.05, 0) is 24.1 Å². The van der Waals surface area contributed by atoms with E-state index in [-0.39, 0.29) is 12.6 Å². The molecule has 98 valence electrons. The molecule has 0 fully saturated rings. The van der Waals surface area contributed by atoms with E-state index in [1.165, 1.54) is 0 Å². The standard InChI is InChI=1S/C12H17N3O3/c1-2-10(13)8-3-5-9(6-4-8)18-7-11(16)15-12(14)17/h3-6,10H,2,7,13H2,1H3,(H3,14,15,16,17)/t10-/m0/s1. The van der Waals surface area contributed by atoms with Crippen LogP contribution in [0.2, 0.25) is 0 Å². The van der Waals surface area contributed by atoms with Gasteiger partial charge in [0.1, 0.15) is 5.75 Å². The molecule has 18 heavy (non-hydrogen) atoms. The first-order valence-corrected chi connectivity index (χ1v) is 5.60. The molecule has 0 aliphatic heterocycles. The third-order valence-electron chi connectivity index (χ3n) is 2.38. The lowest BCUT2D eigenvalue weighted by molar-refractivity contribution is -0.121. The van der Waals surface area contributed by atoms with Crippen LogP contribution in [-0.4, -0.2) is 18.5 Å². The zero-order chi connectivity index (χ0) is 13.5.